The third-order valence-corrected chi connectivity index (χ3v) is 6.22. The first-order chi connectivity index (χ1) is 15.0. The van der Waals surface area contributed by atoms with Crippen LogP contribution in [0.1, 0.15) is 44.7 Å². The fourth-order valence-electron chi connectivity index (χ4n) is 3.20. The Bertz CT molecular complexity index is 811. The summed E-state index contributed by atoms with van der Waals surface area (Å²) in [7, 11) is 1.64. The lowest BCUT2D eigenvalue weighted by Crippen LogP contribution is -2.51. The largest absolute Gasteiger partial charge is 0.497 e. The minimum atomic E-state index is -0.483. The Kier molecular flexibility index (Phi) is 10.4. The number of ether oxygens (including phenoxy) is 1. The van der Waals surface area contributed by atoms with Crippen LogP contribution in [0.15, 0.2) is 54.6 Å². The van der Waals surface area contributed by atoms with Crippen molar-refractivity contribution in [3.05, 3.63) is 65.7 Å². The first kappa shape index (κ1) is 24.8. The Balaban J connectivity index is 2.08. The summed E-state index contributed by atoms with van der Waals surface area (Å²) in [5.74, 6) is 1.77. The molecule has 0 fully saturated rings. The highest BCUT2D eigenvalue weighted by atomic mass is 32.2. The van der Waals surface area contributed by atoms with Crippen molar-refractivity contribution in [2.75, 3.05) is 12.9 Å². The maximum atomic E-state index is 13.2. The molecule has 2 atom stereocenters. The van der Waals surface area contributed by atoms with Crippen molar-refractivity contribution < 1.29 is 14.3 Å². The van der Waals surface area contributed by atoms with Gasteiger partial charge in [-0.05, 0) is 43.0 Å². The van der Waals surface area contributed by atoms with E-state index < -0.39 is 6.04 Å². The third kappa shape index (κ3) is 7.94. The molecule has 2 aromatic carbocycles. The zero-order valence-electron chi connectivity index (χ0n) is 19.0. The second kappa shape index (κ2) is 13.1. The van der Waals surface area contributed by atoms with E-state index in [4.69, 9.17) is 4.74 Å². The number of hydrogen-bond acceptors (Lipinski definition) is 4. The van der Waals surface area contributed by atoms with Gasteiger partial charge in [0.2, 0.25) is 11.8 Å². The van der Waals surface area contributed by atoms with E-state index >= 15 is 0 Å². The van der Waals surface area contributed by atoms with Gasteiger partial charge in [0.25, 0.3) is 0 Å². The van der Waals surface area contributed by atoms with Crippen LogP contribution in [0.5, 0.6) is 5.75 Å². The summed E-state index contributed by atoms with van der Waals surface area (Å²) in [4.78, 5) is 27.8. The Labute approximate surface area is 190 Å². The molecule has 1 N–H and O–H groups in total. The Morgan fingerprint density at radius 1 is 1.00 bits per heavy atom. The second-order valence-electron chi connectivity index (χ2n) is 7.59. The van der Waals surface area contributed by atoms with Gasteiger partial charge >= 0.3 is 0 Å². The lowest BCUT2D eigenvalue weighted by molar-refractivity contribution is -0.139. The molecule has 0 aliphatic carbocycles. The SMILES string of the molecule is CC[C@H](C(=O)N[C@@H](C)CC)N(Cc1ccccc1)C(=O)CSCc1ccc(OC)cc1. The molecular weight excluding hydrogens is 408 g/mol. The van der Waals surface area contributed by atoms with E-state index in [2.05, 4.69) is 5.32 Å². The Morgan fingerprint density at radius 2 is 1.68 bits per heavy atom. The lowest BCUT2D eigenvalue weighted by Gasteiger charge is -2.31. The molecule has 0 bridgehead atoms. The maximum absolute atomic E-state index is 13.2. The summed E-state index contributed by atoms with van der Waals surface area (Å²) in [6, 6.07) is 17.3. The van der Waals surface area contributed by atoms with Crippen molar-refractivity contribution in [2.45, 2.75) is 58.0 Å². The van der Waals surface area contributed by atoms with Gasteiger partial charge in [0.15, 0.2) is 0 Å². The van der Waals surface area contributed by atoms with Crippen LogP contribution in [0, 0.1) is 0 Å². The van der Waals surface area contributed by atoms with Crippen molar-refractivity contribution in [1.29, 1.82) is 0 Å². The third-order valence-electron chi connectivity index (χ3n) is 5.24. The molecule has 5 nitrogen and oxygen atoms in total. The minimum Gasteiger partial charge on any atom is -0.497 e. The van der Waals surface area contributed by atoms with E-state index in [1.165, 1.54) is 0 Å². The number of amides is 2. The van der Waals surface area contributed by atoms with Crippen molar-refractivity contribution in [1.82, 2.24) is 10.2 Å². The van der Waals surface area contributed by atoms with Crippen molar-refractivity contribution >= 4 is 23.6 Å². The van der Waals surface area contributed by atoms with E-state index in [0.717, 1.165) is 29.1 Å². The number of rotatable bonds is 12. The number of methoxy groups -OCH3 is 1. The number of hydrogen-bond donors (Lipinski definition) is 1. The van der Waals surface area contributed by atoms with Crippen molar-refractivity contribution in [3.8, 4) is 5.75 Å². The summed E-state index contributed by atoms with van der Waals surface area (Å²) in [6.07, 6.45) is 1.43. The number of thioether (sulfide) groups is 1. The summed E-state index contributed by atoms with van der Waals surface area (Å²) >= 11 is 1.56. The van der Waals surface area contributed by atoms with Crippen LogP contribution in [0.3, 0.4) is 0 Å². The highest BCUT2D eigenvalue weighted by molar-refractivity contribution is 7.99. The van der Waals surface area contributed by atoms with Gasteiger partial charge in [-0.25, -0.2) is 0 Å². The second-order valence-corrected chi connectivity index (χ2v) is 8.58. The van der Waals surface area contributed by atoms with Gasteiger partial charge in [0.05, 0.1) is 12.9 Å². The van der Waals surface area contributed by atoms with Crippen LogP contribution in [0.2, 0.25) is 0 Å². The smallest absolute Gasteiger partial charge is 0.243 e. The van der Waals surface area contributed by atoms with E-state index in [-0.39, 0.29) is 17.9 Å². The number of nitrogens with zero attached hydrogens (tertiary/aromatic N) is 1. The van der Waals surface area contributed by atoms with Gasteiger partial charge in [0.1, 0.15) is 11.8 Å². The average Bonchev–Trinajstić information content (AvgIpc) is 2.79. The van der Waals surface area contributed by atoms with Crippen LogP contribution in [0.4, 0.5) is 0 Å². The monoisotopic (exact) mass is 442 g/mol. The van der Waals surface area contributed by atoms with Crippen LogP contribution in [-0.2, 0) is 21.9 Å². The molecule has 0 heterocycles. The zero-order valence-corrected chi connectivity index (χ0v) is 19.8. The lowest BCUT2D eigenvalue weighted by atomic mass is 10.1. The Morgan fingerprint density at radius 3 is 2.26 bits per heavy atom. The number of carbonyl (C=O) groups excluding carboxylic acids is 2. The molecule has 0 radical (unpaired) electrons. The predicted octanol–water partition coefficient (Wildman–Crippen LogP) is 4.65. The van der Waals surface area contributed by atoms with Crippen molar-refractivity contribution in [3.63, 3.8) is 0 Å². The molecule has 168 valence electrons. The van der Waals surface area contributed by atoms with Crippen molar-refractivity contribution in [2.24, 2.45) is 0 Å². The van der Waals surface area contributed by atoms with Gasteiger partial charge < -0.3 is 15.0 Å². The number of carbonyl (C=O) groups is 2. The van der Waals surface area contributed by atoms with Gasteiger partial charge in [-0.2, -0.15) is 0 Å². The fourth-order valence-corrected chi connectivity index (χ4v) is 4.07. The van der Waals surface area contributed by atoms with Gasteiger partial charge in [-0.1, -0.05) is 56.3 Å². The minimum absolute atomic E-state index is 0.0199. The molecule has 0 saturated carbocycles. The van der Waals surface area contributed by atoms with Gasteiger partial charge in [-0.3, -0.25) is 9.59 Å². The molecule has 0 aliphatic heterocycles. The van der Waals surface area contributed by atoms with Crippen LogP contribution >= 0.6 is 11.8 Å². The Hall–Kier alpha value is -2.47. The normalized spacial score (nSPS) is 12.6. The highest BCUT2D eigenvalue weighted by Gasteiger charge is 2.29. The molecule has 0 saturated heterocycles. The fraction of sp³-hybridized carbons (Fsp3) is 0.440. The van der Waals surface area contributed by atoms with E-state index in [1.54, 1.807) is 23.8 Å². The number of benzene rings is 2. The molecule has 31 heavy (non-hydrogen) atoms. The summed E-state index contributed by atoms with van der Waals surface area (Å²) in [5, 5.41) is 3.04. The van der Waals surface area contributed by atoms with Gasteiger partial charge in [-0.15, -0.1) is 11.8 Å². The van der Waals surface area contributed by atoms with Crippen LogP contribution in [0.25, 0.3) is 0 Å². The molecule has 0 aromatic heterocycles. The van der Waals surface area contributed by atoms with Crippen LogP contribution < -0.4 is 10.1 Å². The predicted molar refractivity (Wildman–Crippen MR) is 128 cm³/mol. The molecule has 6 heteroatoms. The molecular formula is C25H34N2O3S. The summed E-state index contributed by atoms with van der Waals surface area (Å²) in [6.45, 7) is 6.40. The molecule has 0 spiro atoms. The zero-order chi connectivity index (χ0) is 22.6. The molecule has 2 amide bonds. The van der Waals surface area contributed by atoms with Crippen LogP contribution in [-0.4, -0.2) is 41.7 Å². The average molecular weight is 443 g/mol. The van der Waals surface area contributed by atoms with E-state index in [9.17, 15) is 9.59 Å². The van der Waals surface area contributed by atoms with E-state index in [1.807, 2.05) is 75.4 Å². The highest BCUT2D eigenvalue weighted by Crippen LogP contribution is 2.19. The topological polar surface area (TPSA) is 58.6 Å². The molecule has 0 unspecified atom stereocenters. The first-order valence-corrected chi connectivity index (χ1v) is 12.0. The molecule has 2 aromatic rings. The number of nitrogens with one attached hydrogen (secondary N) is 1. The van der Waals surface area contributed by atoms with Gasteiger partial charge in [0, 0.05) is 18.3 Å². The maximum Gasteiger partial charge on any atom is 0.243 e. The summed E-state index contributed by atoms with van der Waals surface area (Å²) in [5.41, 5.74) is 2.15. The van der Waals surface area contributed by atoms with E-state index in [0.29, 0.717) is 18.7 Å². The summed E-state index contributed by atoms with van der Waals surface area (Å²) < 4.78 is 5.19. The molecule has 0 aliphatic rings. The molecule has 2 rings (SSSR count). The quantitative estimate of drug-likeness (QED) is 0.520. The first-order valence-electron chi connectivity index (χ1n) is 10.8. The standard InChI is InChI=1S/C25H34N2O3S/c1-5-19(3)26-25(29)23(6-2)27(16-20-10-8-7-9-11-20)24(28)18-31-17-21-12-14-22(30-4)15-13-21/h7-15,19,23H,5-6,16-18H2,1-4H3,(H,26,29)/t19-,23+/m0/s1.